The van der Waals surface area contributed by atoms with Crippen LogP contribution in [0.4, 0.5) is 10.8 Å². The zero-order chi connectivity index (χ0) is 10.7. The summed E-state index contributed by atoms with van der Waals surface area (Å²) in [5.74, 6) is 0. The molecule has 0 fully saturated rings. The topological polar surface area (TPSA) is 67.9 Å². The van der Waals surface area contributed by atoms with Crippen molar-refractivity contribution in [3.63, 3.8) is 0 Å². The van der Waals surface area contributed by atoms with E-state index in [1.54, 1.807) is 0 Å². The summed E-state index contributed by atoms with van der Waals surface area (Å²) in [5, 5.41) is 8.23. The summed E-state index contributed by atoms with van der Waals surface area (Å²) in [6, 6.07) is 8.00. The summed E-state index contributed by atoms with van der Waals surface area (Å²) in [4.78, 5) is 1.93. The Kier molecular flexibility index (Phi) is 2.89. The lowest BCUT2D eigenvalue weighted by molar-refractivity contribution is 0.944. The highest BCUT2D eigenvalue weighted by Crippen LogP contribution is 2.23. The summed E-state index contributed by atoms with van der Waals surface area (Å²) >= 11 is 1.26. The van der Waals surface area contributed by atoms with Crippen LogP contribution < -0.4 is 10.6 Å². The van der Waals surface area contributed by atoms with Gasteiger partial charge in [-0.25, -0.2) is 0 Å². The molecule has 6 heteroatoms. The minimum Gasteiger partial charge on any atom is -0.326 e. The molecule has 1 aromatic carbocycles. The highest BCUT2D eigenvalue weighted by molar-refractivity contribution is 7.09. The molecule has 0 saturated heterocycles. The molecular weight excluding hydrogens is 210 g/mol. The minimum atomic E-state index is 0.538. The molecule has 0 radical (unpaired) electrons. The van der Waals surface area contributed by atoms with Crippen molar-refractivity contribution in [3.05, 3.63) is 29.8 Å². The second-order valence-electron chi connectivity index (χ2n) is 3.08. The van der Waals surface area contributed by atoms with Gasteiger partial charge in [0.1, 0.15) is 0 Å². The Bertz CT molecular complexity index is 428. The SMILES string of the molecule is CN(c1cccc(CN)c1)c1nnns1. The van der Waals surface area contributed by atoms with Crippen molar-refractivity contribution in [1.82, 2.24) is 14.8 Å². The van der Waals surface area contributed by atoms with Gasteiger partial charge < -0.3 is 10.6 Å². The molecule has 1 heterocycles. The van der Waals surface area contributed by atoms with Gasteiger partial charge in [0.25, 0.3) is 0 Å². The van der Waals surface area contributed by atoms with Crippen molar-refractivity contribution in [3.8, 4) is 0 Å². The lowest BCUT2D eigenvalue weighted by Crippen LogP contribution is -2.09. The second kappa shape index (κ2) is 4.33. The van der Waals surface area contributed by atoms with Crippen molar-refractivity contribution in [2.45, 2.75) is 6.54 Å². The van der Waals surface area contributed by atoms with Gasteiger partial charge in [-0.15, -0.1) is 0 Å². The van der Waals surface area contributed by atoms with Gasteiger partial charge in [-0.05, 0) is 22.9 Å². The second-order valence-corrected chi connectivity index (χ2v) is 3.79. The maximum Gasteiger partial charge on any atom is 0.232 e. The van der Waals surface area contributed by atoms with Crippen LogP contribution in [0.2, 0.25) is 0 Å². The van der Waals surface area contributed by atoms with E-state index in [1.165, 1.54) is 11.5 Å². The fraction of sp³-hybridized carbons (Fsp3) is 0.222. The monoisotopic (exact) mass is 221 g/mol. The van der Waals surface area contributed by atoms with E-state index >= 15 is 0 Å². The van der Waals surface area contributed by atoms with Gasteiger partial charge in [0.15, 0.2) is 0 Å². The fourth-order valence-electron chi connectivity index (χ4n) is 1.26. The van der Waals surface area contributed by atoms with Gasteiger partial charge in [-0.1, -0.05) is 21.7 Å². The zero-order valence-electron chi connectivity index (χ0n) is 8.29. The Labute approximate surface area is 91.7 Å². The predicted octanol–water partition coefficient (Wildman–Crippen LogP) is 1.16. The quantitative estimate of drug-likeness (QED) is 0.842. The molecule has 2 rings (SSSR count). The largest absolute Gasteiger partial charge is 0.326 e. The molecule has 0 spiro atoms. The average Bonchev–Trinajstić information content (AvgIpc) is 2.81. The van der Waals surface area contributed by atoms with Crippen molar-refractivity contribution >= 4 is 22.4 Å². The summed E-state index contributed by atoms with van der Waals surface area (Å²) in [7, 11) is 1.93. The van der Waals surface area contributed by atoms with Crippen LogP contribution in [0.5, 0.6) is 0 Å². The molecule has 1 aromatic heterocycles. The van der Waals surface area contributed by atoms with Gasteiger partial charge in [0, 0.05) is 30.8 Å². The summed E-state index contributed by atoms with van der Waals surface area (Å²) in [6.07, 6.45) is 0. The van der Waals surface area contributed by atoms with Crippen LogP contribution in [-0.4, -0.2) is 21.8 Å². The van der Waals surface area contributed by atoms with Crippen LogP contribution in [0.3, 0.4) is 0 Å². The maximum atomic E-state index is 5.58. The highest BCUT2D eigenvalue weighted by Gasteiger charge is 2.07. The molecule has 0 unspecified atom stereocenters. The molecule has 0 aliphatic heterocycles. The molecule has 0 aliphatic carbocycles. The molecule has 15 heavy (non-hydrogen) atoms. The Hall–Kier alpha value is -1.53. The van der Waals surface area contributed by atoms with Gasteiger partial charge >= 0.3 is 0 Å². The number of nitrogens with two attached hydrogens (primary N) is 1. The van der Waals surface area contributed by atoms with Crippen molar-refractivity contribution in [2.24, 2.45) is 5.73 Å². The van der Waals surface area contributed by atoms with Crippen LogP contribution in [0, 0.1) is 0 Å². The molecule has 5 nitrogen and oxygen atoms in total. The Morgan fingerprint density at radius 2 is 2.33 bits per heavy atom. The number of hydrogen-bond donors (Lipinski definition) is 1. The fourth-order valence-corrected chi connectivity index (χ4v) is 1.71. The first kappa shape index (κ1) is 10.0. The summed E-state index contributed by atoms with van der Waals surface area (Å²) < 4.78 is 3.73. The van der Waals surface area contributed by atoms with Crippen LogP contribution in [0.15, 0.2) is 24.3 Å². The van der Waals surface area contributed by atoms with E-state index in [-0.39, 0.29) is 0 Å². The van der Waals surface area contributed by atoms with E-state index in [4.69, 9.17) is 5.73 Å². The van der Waals surface area contributed by atoms with Crippen molar-refractivity contribution < 1.29 is 0 Å². The van der Waals surface area contributed by atoms with Crippen molar-refractivity contribution in [2.75, 3.05) is 11.9 Å². The molecule has 78 valence electrons. The third kappa shape index (κ3) is 2.11. The van der Waals surface area contributed by atoms with Crippen LogP contribution in [0.25, 0.3) is 0 Å². The first-order chi connectivity index (χ1) is 7.31. The van der Waals surface area contributed by atoms with E-state index in [0.717, 1.165) is 16.4 Å². The van der Waals surface area contributed by atoms with Crippen LogP contribution in [0.1, 0.15) is 5.56 Å². The normalized spacial score (nSPS) is 10.3. The molecule has 0 atom stereocenters. The summed E-state index contributed by atoms with van der Waals surface area (Å²) in [5.41, 5.74) is 7.71. The number of rotatable bonds is 3. The van der Waals surface area contributed by atoms with Crippen LogP contribution >= 0.6 is 11.5 Å². The third-order valence-corrected chi connectivity index (χ3v) is 2.78. The third-order valence-electron chi connectivity index (χ3n) is 2.11. The Morgan fingerprint density at radius 3 is 3.00 bits per heavy atom. The molecule has 0 bridgehead atoms. The van der Waals surface area contributed by atoms with E-state index in [0.29, 0.717) is 6.54 Å². The van der Waals surface area contributed by atoms with Gasteiger partial charge in [-0.3, -0.25) is 0 Å². The van der Waals surface area contributed by atoms with E-state index in [9.17, 15) is 0 Å². The first-order valence-corrected chi connectivity index (χ1v) is 5.26. The van der Waals surface area contributed by atoms with Gasteiger partial charge in [0.2, 0.25) is 5.13 Å². The molecule has 0 aliphatic rings. The molecule has 0 saturated carbocycles. The standard InChI is InChI=1S/C9H11N5S/c1-14(9-11-12-13-15-9)8-4-2-3-7(5-8)6-10/h2-5H,6,10H2,1H3. The minimum absolute atomic E-state index is 0.538. The Morgan fingerprint density at radius 1 is 1.47 bits per heavy atom. The molecule has 2 aromatic rings. The van der Waals surface area contributed by atoms with Gasteiger partial charge in [0.05, 0.1) is 0 Å². The maximum absolute atomic E-state index is 5.58. The molecular formula is C9H11N5S. The number of anilines is 2. The smallest absolute Gasteiger partial charge is 0.232 e. The van der Waals surface area contributed by atoms with E-state index in [1.807, 2.05) is 36.2 Å². The summed E-state index contributed by atoms with van der Waals surface area (Å²) in [6.45, 7) is 0.538. The first-order valence-electron chi connectivity index (χ1n) is 4.49. The predicted molar refractivity (Wildman–Crippen MR) is 60.1 cm³/mol. The number of nitrogens with zero attached hydrogens (tertiary/aromatic N) is 4. The Balaban J connectivity index is 2.29. The lowest BCUT2D eigenvalue weighted by Gasteiger charge is -2.15. The van der Waals surface area contributed by atoms with Crippen LogP contribution in [-0.2, 0) is 6.54 Å². The highest BCUT2D eigenvalue weighted by atomic mass is 32.1. The van der Waals surface area contributed by atoms with E-state index < -0.39 is 0 Å². The lowest BCUT2D eigenvalue weighted by atomic mass is 10.2. The van der Waals surface area contributed by atoms with Crippen molar-refractivity contribution in [1.29, 1.82) is 0 Å². The number of hydrogen-bond acceptors (Lipinski definition) is 6. The zero-order valence-corrected chi connectivity index (χ0v) is 9.11. The molecule has 2 N–H and O–H groups in total. The average molecular weight is 221 g/mol. The van der Waals surface area contributed by atoms with Gasteiger partial charge in [-0.2, -0.15) is 0 Å². The number of benzene rings is 1. The molecule has 0 amide bonds. The van der Waals surface area contributed by atoms with E-state index in [2.05, 4.69) is 14.8 Å². The number of aromatic nitrogens is 3.